The zero-order valence-electron chi connectivity index (χ0n) is 6.76. The van der Waals surface area contributed by atoms with Gasteiger partial charge in [-0.2, -0.15) is 0 Å². The maximum Gasteiger partial charge on any atom is 0.128 e. The van der Waals surface area contributed by atoms with Crippen LogP contribution in [-0.4, -0.2) is 9.97 Å². The summed E-state index contributed by atoms with van der Waals surface area (Å²) < 4.78 is 0.771. The van der Waals surface area contributed by atoms with Crippen molar-refractivity contribution in [2.45, 2.75) is 13.8 Å². The second-order valence-electron chi connectivity index (χ2n) is 2.63. The summed E-state index contributed by atoms with van der Waals surface area (Å²) in [6.45, 7) is 3.86. The highest BCUT2D eigenvalue weighted by Crippen LogP contribution is 2.28. The third kappa shape index (κ3) is 1.19. The fraction of sp³-hybridized carbons (Fsp3) is 0.250. The van der Waals surface area contributed by atoms with E-state index >= 15 is 0 Å². The molecule has 0 atom stereocenters. The minimum atomic E-state index is 0.771. The molecule has 0 amide bonds. The van der Waals surface area contributed by atoms with Crippen LogP contribution in [0.15, 0.2) is 6.07 Å². The molecule has 0 aliphatic heterocycles. The van der Waals surface area contributed by atoms with Gasteiger partial charge < -0.3 is 0 Å². The van der Waals surface area contributed by atoms with Crippen LogP contribution in [0, 0.1) is 13.8 Å². The summed E-state index contributed by atoms with van der Waals surface area (Å²) in [5.74, 6) is 0.804. The number of fused-ring (bicyclic) bond motifs is 1. The predicted molar refractivity (Wildman–Crippen MR) is 51.9 cm³/mol. The topological polar surface area (TPSA) is 25.8 Å². The number of rotatable bonds is 0. The van der Waals surface area contributed by atoms with Gasteiger partial charge in [0.15, 0.2) is 0 Å². The molecule has 0 N–H and O–H groups in total. The number of hydrogen-bond donors (Lipinski definition) is 0. The second-order valence-corrected chi connectivity index (χ2v) is 4.29. The Morgan fingerprint density at radius 3 is 2.83 bits per heavy atom. The lowest BCUT2D eigenvalue weighted by Gasteiger charge is -1.95. The van der Waals surface area contributed by atoms with Crippen molar-refractivity contribution in [2.75, 3.05) is 0 Å². The molecule has 0 aliphatic rings. The van der Waals surface area contributed by atoms with Gasteiger partial charge in [0.05, 0.1) is 4.34 Å². The third-order valence-electron chi connectivity index (χ3n) is 1.67. The molecule has 0 unspecified atom stereocenters. The average molecular weight is 199 g/mol. The van der Waals surface area contributed by atoms with E-state index in [1.165, 1.54) is 11.3 Å². The van der Waals surface area contributed by atoms with Crippen molar-refractivity contribution < 1.29 is 0 Å². The Kier molecular flexibility index (Phi) is 1.77. The van der Waals surface area contributed by atoms with Gasteiger partial charge in [0, 0.05) is 11.1 Å². The maximum absolute atomic E-state index is 5.86. The van der Waals surface area contributed by atoms with Gasteiger partial charge in [-0.05, 0) is 19.9 Å². The lowest BCUT2D eigenvalue weighted by atomic mass is 10.3. The standard InChI is InChI=1S/C8H7ClN2S/c1-4-6-3-7(9)12-8(6)11-5(2)10-4/h3H,1-2H3. The van der Waals surface area contributed by atoms with Crippen LogP contribution in [-0.2, 0) is 0 Å². The van der Waals surface area contributed by atoms with Gasteiger partial charge in [0.25, 0.3) is 0 Å². The van der Waals surface area contributed by atoms with E-state index in [2.05, 4.69) is 9.97 Å². The summed E-state index contributed by atoms with van der Waals surface area (Å²) in [5.41, 5.74) is 1.00. The molecule has 0 saturated heterocycles. The molecule has 0 spiro atoms. The highest BCUT2D eigenvalue weighted by Gasteiger charge is 2.05. The van der Waals surface area contributed by atoms with Gasteiger partial charge in [-0.1, -0.05) is 11.6 Å². The second kappa shape index (κ2) is 2.68. The van der Waals surface area contributed by atoms with Crippen LogP contribution >= 0.6 is 22.9 Å². The predicted octanol–water partition coefficient (Wildman–Crippen LogP) is 2.96. The fourth-order valence-corrected chi connectivity index (χ4v) is 2.35. The highest BCUT2D eigenvalue weighted by molar-refractivity contribution is 7.22. The number of aryl methyl sites for hydroxylation is 2. The van der Waals surface area contributed by atoms with Crippen molar-refractivity contribution in [2.24, 2.45) is 0 Å². The maximum atomic E-state index is 5.86. The quantitative estimate of drug-likeness (QED) is 0.651. The highest BCUT2D eigenvalue weighted by atomic mass is 35.5. The van der Waals surface area contributed by atoms with Crippen LogP contribution in [0.1, 0.15) is 11.5 Å². The van der Waals surface area contributed by atoms with E-state index in [1.54, 1.807) is 0 Å². The van der Waals surface area contributed by atoms with Crippen molar-refractivity contribution in [3.8, 4) is 0 Å². The van der Waals surface area contributed by atoms with Crippen LogP contribution in [0.5, 0.6) is 0 Å². The first kappa shape index (κ1) is 7.95. The first-order valence-electron chi connectivity index (χ1n) is 3.57. The Labute approximate surface area is 79.2 Å². The van der Waals surface area contributed by atoms with Crippen molar-refractivity contribution in [3.05, 3.63) is 21.9 Å². The Balaban J connectivity index is 2.88. The van der Waals surface area contributed by atoms with Crippen molar-refractivity contribution in [3.63, 3.8) is 0 Å². The van der Waals surface area contributed by atoms with Crippen LogP contribution in [0.2, 0.25) is 4.34 Å². The Bertz CT molecular complexity index is 436. The van der Waals surface area contributed by atoms with Gasteiger partial charge in [-0.15, -0.1) is 11.3 Å². The monoisotopic (exact) mass is 198 g/mol. The van der Waals surface area contributed by atoms with Crippen LogP contribution in [0.25, 0.3) is 10.2 Å². The van der Waals surface area contributed by atoms with Crippen LogP contribution in [0.4, 0.5) is 0 Å². The average Bonchev–Trinajstić information content (AvgIpc) is 2.29. The Hall–Kier alpha value is -0.670. The Morgan fingerprint density at radius 2 is 2.08 bits per heavy atom. The number of aromatic nitrogens is 2. The summed E-state index contributed by atoms with van der Waals surface area (Å²) >= 11 is 7.35. The molecule has 0 aromatic carbocycles. The van der Waals surface area contributed by atoms with Crippen LogP contribution in [0.3, 0.4) is 0 Å². The molecule has 0 radical (unpaired) electrons. The lowest BCUT2D eigenvalue weighted by Crippen LogP contribution is -1.89. The van der Waals surface area contributed by atoms with E-state index in [9.17, 15) is 0 Å². The van der Waals surface area contributed by atoms with E-state index in [-0.39, 0.29) is 0 Å². The first-order valence-corrected chi connectivity index (χ1v) is 4.76. The third-order valence-corrected chi connectivity index (χ3v) is 2.82. The van der Waals surface area contributed by atoms with Crippen LogP contribution < -0.4 is 0 Å². The lowest BCUT2D eigenvalue weighted by molar-refractivity contribution is 1.06. The smallest absolute Gasteiger partial charge is 0.128 e. The number of halogens is 1. The summed E-state index contributed by atoms with van der Waals surface area (Å²) in [6.07, 6.45) is 0. The molecule has 2 aromatic heterocycles. The van der Waals surface area contributed by atoms with Crippen molar-refractivity contribution in [1.29, 1.82) is 0 Å². The summed E-state index contributed by atoms with van der Waals surface area (Å²) in [7, 11) is 0. The molecule has 2 aromatic rings. The molecule has 2 rings (SSSR count). The molecule has 12 heavy (non-hydrogen) atoms. The summed E-state index contributed by atoms with van der Waals surface area (Å²) in [6, 6.07) is 1.91. The first-order chi connectivity index (χ1) is 5.66. The van der Waals surface area contributed by atoms with E-state index < -0.39 is 0 Å². The zero-order valence-corrected chi connectivity index (χ0v) is 8.33. The van der Waals surface area contributed by atoms with Crippen molar-refractivity contribution >= 4 is 33.2 Å². The van der Waals surface area contributed by atoms with E-state index in [0.717, 1.165) is 26.1 Å². The van der Waals surface area contributed by atoms with Gasteiger partial charge in [0.1, 0.15) is 10.7 Å². The fourth-order valence-electron chi connectivity index (χ4n) is 1.17. The molecule has 2 nitrogen and oxygen atoms in total. The summed E-state index contributed by atoms with van der Waals surface area (Å²) in [5, 5.41) is 1.07. The Morgan fingerprint density at radius 1 is 1.33 bits per heavy atom. The molecule has 2 heterocycles. The molecule has 62 valence electrons. The normalized spacial score (nSPS) is 10.9. The van der Waals surface area contributed by atoms with E-state index in [0.29, 0.717) is 0 Å². The molecular formula is C8H7ClN2S. The number of hydrogen-bond acceptors (Lipinski definition) is 3. The zero-order chi connectivity index (χ0) is 8.72. The van der Waals surface area contributed by atoms with Gasteiger partial charge in [-0.25, -0.2) is 9.97 Å². The largest absolute Gasteiger partial charge is 0.238 e. The minimum absolute atomic E-state index is 0.771. The molecule has 0 aliphatic carbocycles. The SMILES string of the molecule is Cc1nc(C)c2cc(Cl)sc2n1. The number of thiophene rings is 1. The van der Waals surface area contributed by atoms with Gasteiger partial charge in [0.2, 0.25) is 0 Å². The molecule has 0 saturated carbocycles. The summed E-state index contributed by atoms with van der Waals surface area (Å²) in [4.78, 5) is 9.51. The molecule has 0 fully saturated rings. The van der Waals surface area contributed by atoms with E-state index in [4.69, 9.17) is 11.6 Å². The van der Waals surface area contributed by atoms with Crippen molar-refractivity contribution in [1.82, 2.24) is 9.97 Å². The van der Waals surface area contributed by atoms with E-state index in [1.807, 2.05) is 19.9 Å². The minimum Gasteiger partial charge on any atom is -0.238 e. The molecule has 0 bridgehead atoms. The van der Waals surface area contributed by atoms with Gasteiger partial charge >= 0.3 is 0 Å². The molecule has 4 heteroatoms. The number of nitrogens with zero attached hydrogens (tertiary/aromatic N) is 2. The van der Waals surface area contributed by atoms with Gasteiger partial charge in [-0.3, -0.25) is 0 Å². The molecular weight excluding hydrogens is 192 g/mol.